The molecule has 0 radical (unpaired) electrons. The molecule has 0 bridgehead atoms. The molecule has 21 heavy (non-hydrogen) atoms. The van der Waals surface area contributed by atoms with Crippen molar-refractivity contribution in [2.75, 3.05) is 5.73 Å². The number of hydrogen-bond donors (Lipinski definition) is 1. The zero-order chi connectivity index (χ0) is 15.6. The highest BCUT2D eigenvalue weighted by Gasteiger charge is 2.26. The fourth-order valence-corrected chi connectivity index (χ4v) is 2.44. The van der Waals surface area contributed by atoms with Gasteiger partial charge >= 0.3 is 6.18 Å². The van der Waals surface area contributed by atoms with Crippen molar-refractivity contribution in [1.29, 1.82) is 0 Å². The summed E-state index contributed by atoms with van der Waals surface area (Å²) in [6, 6.07) is 5.47. The van der Waals surface area contributed by atoms with Crippen molar-refractivity contribution in [2.45, 2.75) is 51.7 Å². The largest absolute Gasteiger partial charge is 0.399 e. The number of halogens is 3. The first-order valence-corrected chi connectivity index (χ1v) is 7.10. The molecule has 6 heteroatoms. The van der Waals surface area contributed by atoms with E-state index in [1.54, 1.807) is 12.1 Å². The van der Waals surface area contributed by atoms with Gasteiger partial charge < -0.3 is 10.3 Å². The predicted molar refractivity (Wildman–Crippen MR) is 78.1 cm³/mol. The molecule has 0 aliphatic heterocycles. The molecule has 2 aromatic rings. The van der Waals surface area contributed by atoms with E-state index in [9.17, 15) is 13.2 Å². The number of nitrogens with two attached hydrogens (primary N) is 1. The van der Waals surface area contributed by atoms with Gasteiger partial charge in [-0.25, -0.2) is 4.98 Å². The highest BCUT2D eigenvalue weighted by molar-refractivity contribution is 5.79. The number of hydrogen-bond acceptors (Lipinski definition) is 2. The van der Waals surface area contributed by atoms with Gasteiger partial charge in [0.1, 0.15) is 5.82 Å². The van der Waals surface area contributed by atoms with Crippen molar-refractivity contribution >= 4 is 16.7 Å². The number of aryl methyl sites for hydroxylation is 1. The van der Waals surface area contributed by atoms with Crippen LogP contribution in [-0.2, 0) is 6.54 Å². The molecule has 0 atom stereocenters. The smallest absolute Gasteiger partial charge is 0.389 e. The van der Waals surface area contributed by atoms with Crippen molar-refractivity contribution < 1.29 is 13.2 Å². The van der Waals surface area contributed by atoms with Gasteiger partial charge in [-0.15, -0.1) is 0 Å². The third-order valence-corrected chi connectivity index (χ3v) is 3.41. The standard InChI is InChI=1S/C15H20F3N3/c1-10(2)14-20-12-9-11(19)5-6-13(12)21(14)8-4-3-7-15(16,17)18/h5-6,9-10H,3-4,7-8,19H2,1-2H3. The Kier molecular flexibility index (Phi) is 4.44. The fraction of sp³-hybridized carbons (Fsp3) is 0.533. The van der Waals surface area contributed by atoms with Crippen LogP contribution in [0, 0.1) is 0 Å². The molecule has 0 fully saturated rings. The number of benzene rings is 1. The topological polar surface area (TPSA) is 43.8 Å². The quantitative estimate of drug-likeness (QED) is 0.653. The van der Waals surface area contributed by atoms with E-state index in [0.717, 1.165) is 16.9 Å². The monoisotopic (exact) mass is 299 g/mol. The number of nitrogen functional groups attached to an aromatic ring is 1. The van der Waals surface area contributed by atoms with E-state index in [-0.39, 0.29) is 12.3 Å². The van der Waals surface area contributed by atoms with Crippen LogP contribution >= 0.6 is 0 Å². The first-order valence-electron chi connectivity index (χ1n) is 7.10. The first kappa shape index (κ1) is 15.7. The molecule has 1 heterocycles. The van der Waals surface area contributed by atoms with E-state index >= 15 is 0 Å². The summed E-state index contributed by atoms with van der Waals surface area (Å²) in [5.74, 6) is 1.10. The molecule has 0 unspecified atom stereocenters. The lowest BCUT2D eigenvalue weighted by Gasteiger charge is -2.12. The van der Waals surface area contributed by atoms with Crippen LogP contribution in [-0.4, -0.2) is 15.7 Å². The minimum absolute atomic E-state index is 0.135. The normalized spacial score (nSPS) is 12.5. The Morgan fingerprint density at radius 2 is 1.95 bits per heavy atom. The molecule has 0 spiro atoms. The van der Waals surface area contributed by atoms with Crippen LogP contribution in [0.25, 0.3) is 11.0 Å². The second-order valence-corrected chi connectivity index (χ2v) is 5.60. The molecule has 0 amide bonds. The fourth-order valence-electron chi connectivity index (χ4n) is 2.44. The summed E-state index contributed by atoms with van der Waals surface area (Å²) in [7, 11) is 0. The molecule has 2 N–H and O–H groups in total. The first-order chi connectivity index (χ1) is 9.78. The van der Waals surface area contributed by atoms with Crippen molar-refractivity contribution in [1.82, 2.24) is 9.55 Å². The predicted octanol–water partition coefficient (Wildman–Crippen LogP) is 4.47. The minimum atomic E-state index is -4.08. The average molecular weight is 299 g/mol. The Morgan fingerprint density at radius 3 is 2.57 bits per heavy atom. The molecule has 0 saturated carbocycles. The van der Waals surface area contributed by atoms with Crippen molar-refractivity contribution in [3.05, 3.63) is 24.0 Å². The molecule has 116 valence electrons. The maximum absolute atomic E-state index is 12.2. The van der Waals surface area contributed by atoms with Gasteiger partial charge in [0.05, 0.1) is 11.0 Å². The maximum atomic E-state index is 12.2. The van der Waals surface area contributed by atoms with Crippen molar-refractivity contribution in [2.24, 2.45) is 0 Å². The van der Waals surface area contributed by atoms with E-state index in [4.69, 9.17) is 5.73 Å². The number of nitrogens with zero attached hydrogens (tertiary/aromatic N) is 2. The van der Waals surface area contributed by atoms with Gasteiger partial charge in [0.25, 0.3) is 0 Å². The van der Waals surface area contributed by atoms with E-state index in [0.29, 0.717) is 18.7 Å². The van der Waals surface area contributed by atoms with Gasteiger partial charge in [-0.3, -0.25) is 0 Å². The summed E-state index contributed by atoms with van der Waals surface area (Å²) in [6.07, 6.45) is -4.19. The van der Waals surface area contributed by atoms with Gasteiger partial charge in [0.15, 0.2) is 0 Å². The molecule has 0 saturated heterocycles. The number of rotatable bonds is 5. The number of anilines is 1. The van der Waals surface area contributed by atoms with Gasteiger partial charge in [-0.2, -0.15) is 13.2 Å². The third-order valence-electron chi connectivity index (χ3n) is 3.41. The van der Waals surface area contributed by atoms with E-state index in [2.05, 4.69) is 4.98 Å². The van der Waals surface area contributed by atoms with Crippen molar-refractivity contribution in [3.8, 4) is 0 Å². The Balaban J connectivity index is 2.19. The van der Waals surface area contributed by atoms with Crippen LogP contribution in [0.3, 0.4) is 0 Å². The van der Waals surface area contributed by atoms with Crippen molar-refractivity contribution in [3.63, 3.8) is 0 Å². The van der Waals surface area contributed by atoms with E-state index < -0.39 is 12.6 Å². The molecule has 1 aromatic heterocycles. The number of unbranched alkanes of at least 4 members (excludes halogenated alkanes) is 1. The minimum Gasteiger partial charge on any atom is -0.399 e. The number of alkyl halides is 3. The Labute approximate surface area is 122 Å². The lowest BCUT2D eigenvalue weighted by atomic mass is 10.2. The second-order valence-electron chi connectivity index (χ2n) is 5.60. The average Bonchev–Trinajstić information content (AvgIpc) is 2.71. The zero-order valence-electron chi connectivity index (χ0n) is 12.2. The SMILES string of the molecule is CC(C)c1nc2cc(N)ccc2n1CCCCC(F)(F)F. The number of imidazole rings is 1. The van der Waals surface area contributed by atoms with Gasteiger partial charge in [0, 0.05) is 24.6 Å². The zero-order valence-corrected chi connectivity index (χ0v) is 12.2. The molecule has 3 nitrogen and oxygen atoms in total. The third kappa shape index (κ3) is 3.89. The second kappa shape index (κ2) is 5.95. The van der Waals surface area contributed by atoms with Crippen LogP contribution in [0.1, 0.15) is 44.9 Å². The van der Waals surface area contributed by atoms with Gasteiger partial charge in [-0.1, -0.05) is 13.8 Å². The molecular formula is C15H20F3N3. The Morgan fingerprint density at radius 1 is 1.24 bits per heavy atom. The van der Waals surface area contributed by atoms with E-state index in [1.807, 2.05) is 24.5 Å². The molecule has 0 aliphatic rings. The van der Waals surface area contributed by atoms with Crippen LogP contribution < -0.4 is 5.73 Å². The summed E-state index contributed by atoms with van der Waals surface area (Å²) in [5, 5.41) is 0. The van der Waals surface area contributed by atoms with E-state index in [1.165, 1.54) is 0 Å². The summed E-state index contributed by atoms with van der Waals surface area (Å²) in [6.45, 7) is 4.59. The van der Waals surface area contributed by atoms with Crippen LogP contribution in [0.4, 0.5) is 18.9 Å². The van der Waals surface area contributed by atoms with Crippen LogP contribution in [0.5, 0.6) is 0 Å². The molecular weight excluding hydrogens is 279 g/mol. The number of fused-ring (bicyclic) bond motifs is 1. The number of aromatic nitrogens is 2. The Hall–Kier alpha value is -1.72. The van der Waals surface area contributed by atoms with Crippen LogP contribution in [0.15, 0.2) is 18.2 Å². The molecule has 2 rings (SSSR count). The molecule has 1 aromatic carbocycles. The summed E-state index contributed by atoms with van der Waals surface area (Å²) in [5.41, 5.74) is 8.12. The van der Waals surface area contributed by atoms with Crippen LogP contribution in [0.2, 0.25) is 0 Å². The van der Waals surface area contributed by atoms with Gasteiger partial charge in [0.2, 0.25) is 0 Å². The highest BCUT2D eigenvalue weighted by Crippen LogP contribution is 2.26. The Bertz CT molecular complexity index is 614. The highest BCUT2D eigenvalue weighted by atomic mass is 19.4. The summed E-state index contributed by atoms with van der Waals surface area (Å²) in [4.78, 5) is 4.56. The van der Waals surface area contributed by atoms with Gasteiger partial charge in [-0.05, 0) is 31.0 Å². The summed E-state index contributed by atoms with van der Waals surface area (Å²) < 4.78 is 38.6. The molecule has 0 aliphatic carbocycles. The lowest BCUT2D eigenvalue weighted by Crippen LogP contribution is -2.09. The lowest BCUT2D eigenvalue weighted by molar-refractivity contribution is -0.135. The maximum Gasteiger partial charge on any atom is 0.389 e. The summed E-state index contributed by atoms with van der Waals surface area (Å²) >= 11 is 0.